The first-order chi connectivity index (χ1) is 12.9. The van der Waals surface area contributed by atoms with Gasteiger partial charge in [0, 0.05) is 12.3 Å². The topological polar surface area (TPSA) is 176 Å². The number of carbonyl (C=O) groups is 3. The lowest BCUT2D eigenvalue weighted by atomic mass is 10.2. The summed E-state index contributed by atoms with van der Waals surface area (Å²) in [6.45, 7) is 0.0155. The van der Waals surface area contributed by atoms with Gasteiger partial charge < -0.3 is 35.8 Å². The van der Waals surface area contributed by atoms with Gasteiger partial charge in [-0.05, 0) is 17.7 Å². The maximum Gasteiger partial charge on any atom is 0.352 e. The number of carboxylic acids is 2. The van der Waals surface area contributed by atoms with Crippen LogP contribution in [0.2, 0.25) is 0 Å². The van der Waals surface area contributed by atoms with Crippen molar-refractivity contribution >= 4 is 35.3 Å². The van der Waals surface area contributed by atoms with Crippen molar-refractivity contribution < 1.29 is 33.9 Å². The summed E-state index contributed by atoms with van der Waals surface area (Å²) < 4.78 is 5.10. The Hall–Kier alpha value is -2.99. The quantitative estimate of drug-likeness (QED) is 0.274. The maximum atomic E-state index is 12.5. The fraction of sp³-hybridized carbons (Fsp3) is 0.333. The molecule has 11 nitrogen and oxygen atoms in total. The molecule has 6 N–H and O–H groups in total. The molecule has 1 amide bonds. The molecule has 1 aliphatic rings. The Morgan fingerprint density at radius 3 is 2.78 bits per heavy atom. The van der Waals surface area contributed by atoms with Gasteiger partial charge in [-0.3, -0.25) is 4.79 Å². The molecule has 0 spiro atoms. The zero-order valence-corrected chi connectivity index (χ0v) is 15.0. The largest absolute Gasteiger partial charge is 0.480 e. The number of hydrogen-bond donors (Lipinski definition) is 5. The van der Waals surface area contributed by atoms with Gasteiger partial charge in [0.1, 0.15) is 18.2 Å². The van der Waals surface area contributed by atoms with Crippen LogP contribution >= 0.6 is 11.8 Å². The summed E-state index contributed by atoms with van der Waals surface area (Å²) in [6.07, 6.45) is 1.32. The van der Waals surface area contributed by atoms with E-state index in [0.717, 1.165) is 11.8 Å². The molecule has 2 rings (SSSR count). The molecule has 1 aromatic heterocycles. The number of carboxylic acid groups (broad SMARTS) is 2. The molecule has 0 fully saturated rings. The normalized spacial score (nSPS) is 18.4. The number of carbonyl (C=O) groups excluding carboxylic acids is 1. The second kappa shape index (κ2) is 9.09. The van der Waals surface area contributed by atoms with Crippen LogP contribution in [0.3, 0.4) is 0 Å². The zero-order chi connectivity index (χ0) is 20.0. The molecule has 0 radical (unpaired) electrons. The van der Waals surface area contributed by atoms with E-state index in [-0.39, 0.29) is 29.5 Å². The molecule has 1 aromatic rings. The molecule has 2 atom stereocenters. The number of nitrogens with two attached hydrogens (primary N) is 1. The Balaban J connectivity index is 2.22. The Kier molecular flexibility index (Phi) is 6.85. The van der Waals surface area contributed by atoms with Crippen LogP contribution in [0.4, 0.5) is 0 Å². The van der Waals surface area contributed by atoms with Crippen molar-refractivity contribution in [2.24, 2.45) is 10.9 Å². The number of hydrogen-bond acceptors (Lipinski definition) is 9. The lowest BCUT2D eigenvalue weighted by molar-refractivity contribution is -0.141. The molecule has 146 valence electrons. The van der Waals surface area contributed by atoms with Crippen molar-refractivity contribution in [2.45, 2.75) is 11.4 Å². The summed E-state index contributed by atoms with van der Waals surface area (Å²) in [4.78, 5) is 40.2. The standard InChI is InChI=1S/C15H18N4O7S/c1-25-19-10(8-3-2-4-26-8)12(20)17-11(15(23)24)13-18-9(14(21)22)7(5-16)6-27-13/h2-4,11,13,18H,5-6,16H2,1H3,(H,17,20)(H,21,22)(H,23,24)/b19-10+/t11-,13+/m0/s1. The molecule has 0 unspecified atom stereocenters. The molecule has 12 heteroatoms. The van der Waals surface area contributed by atoms with Gasteiger partial charge in [0.25, 0.3) is 5.91 Å². The van der Waals surface area contributed by atoms with Crippen LogP contribution < -0.4 is 16.4 Å². The minimum Gasteiger partial charge on any atom is -0.480 e. The van der Waals surface area contributed by atoms with Gasteiger partial charge in [-0.2, -0.15) is 0 Å². The first-order valence-electron chi connectivity index (χ1n) is 7.61. The van der Waals surface area contributed by atoms with E-state index < -0.39 is 29.3 Å². The van der Waals surface area contributed by atoms with Crippen LogP contribution in [0.1, 0.15) is 5.76 Å². The highest BCUT2D eigenvalue weighted by Gasteiger charge is 2.36. The van der Waals surface area contributed by atoms with Crippen molar-refractivity contribution in [3.05, 3.63) is 35.4 Å². The Morgan fingerprint density at radius 1 is 1.52 bits per heavy atom. The van der Waals surface area contributed by atoms with E-state index in [2.05, 4.69) is 20.6 Å². The minimum atomic E-state index is -1.45. The van der Waals surface area contributed by atoms with Crippen LogP contribution in [-0.4, -0.2) is 64.6 Å². The van der Waals surface area contributed by atoms with E-state index >= 15 is 0 Å². The highest BCUT2D eigenvalue weighted by atomic mass is 32.2. The number of furan rings is 1. The lowest BCUT2D eigenvalue weighted by Gasteiger charge is -2.31. The summed E-state index contributed by atoms with van der Waals surface area (Å²) in [5.74, 6) is -3.17. The van der Waals surface area contributed by atoms with Crippen LogP contribution in [0, 0.1) is 0 Å². The Labute approximate surface area is 157 Å². The third-order valence-electron chi connectivity index (χ3n) is 3.55. The summed E-state index contributed by atoms with van der Waals surface area (Å²) in [5.41, 5.74) is 5.54. The highest BCUT2D eigenvalue weighted by molar-refractivity contribution is 8.00. The Morgan fingerprint density at radius 2 is 2.26 bits per heavy atom. The van der Waals surface area contributed by atoms with E-state index in [1.54, 1.807) is 0 Å². The summed E-state index contributed by atoms with van der Waals surface area (Å²) in [5, 5.41) is 26.3. The van der Waals surface area contributed by atoms with Crippen LogP contribution in [0.5, 0.6) is 0 Å². The molecule has 0 aliphatic carbocycles. The SMILES string of the molecule is CO/N=C(/C(=O)N[C@H](C(=O)O)[C@@H]1NC(C(=O)O)=C(CN)CS1)c1ccco1. The number of aliphatic carboxylic acids is 2. The zero-order valence-electron chi connectivity index (χ0n) is 14.2. The van der Waals surface area contributed by atoms with Crippen molar-refractivity contribution in [2.75, 3.05) is 19.4 Å². The smallest absolute Gasteiger partial charge is 0.352 e. The molecule has 0 bridgehead atoms. The van der Waals surface area contributed by atoms with E-state index in [0.29, 0.717) is 5.57 Å². The van der Waals surface area contributed by atoms with Gasteiger partial charge in [-0.1, -0.05) is 5.16 Å². The molecule has 0 saturated heterocycles. The van der Waals surface area contributed by atoms with E-state index in [9.17, 15) is 24.6 Å². The van der Waals surface area contributed by atoms with Crippen molar-refractivity contribution in [3.63, 3.8) is 0 Å². The second-order valence-electron chi connectivity index (χ2n) is 5.25. The predicted molar refractivity (Wildman–Crippen MR) is 94.9 cm³/mol. The number of rotatable bonds is 8. The molecule has 1 aliphatic heterocycles. The Bertz CT molecular complexity index is 775. The second-order valence-corrected chi connectivity index (χ2v) is 6.38. The molecule has 2 heterocycles. The van der Waals surface area contributed by atoms with Gasteiger partial charge in [0.05, 0.1) is 6.26 Å². The van der Waals surface area contributed by atoms with E-state index in [4.69, 9.17) is 10.2 Å². The molecule has 27 heavy (non-hydrogen) atoms. The number of nitrogens with one attached hydrogen (secondary N) is 2. The van der Waals surface area contributed by atoms with E-state index in [1.807, 2.05) is 0 Å². The third kappa shape index (κ3) is 4.80. The molecule has 0 saturated carbocycles. The van der Waals surface area contributed by atoms with Gasteiger partial charge in [-0.25, -0.2) is 9.59 Å². The average molecular weight is 398 g/mol. The van der Waals surface area contributed by atoms with Crippen molar-refractivity contribution in [1.82, 2.24) is 10.6 Å². The van der Waals surface area contributed by atoms with Crippen LogP contribution in [0.25, 0.3) is 0 Å². The van der Waals surface area contributed by atoms with Gasteiger partial charge in [0.15, 0.2) is 11.8 Å². The van der Waals surface area contributed by atoms with Gasteiger partial charge in [0.2, 0.25) is 5.71 Å². The molecular weight excluding hydrogens is 380 g/mol. The molecular formula is C15H18N4O7S. The molecule has 0 aromatic carbocycles. The highest BCUT2D eigenvalue weighted by Crippen LogP contribution is 2.24. The average Bonchev–Trinajstić information content (AvgIpc) is 3.17. The minimum absolute atomic E-state index is 0.0155. The summed E-state index contributed by atoms with van der Waals surface area (Å²) in [7, 11) is 1.22. The number of nitrogens with zero attached hydrogens (tertiary/aromatic N) is 1. The van der Waals surface area contributed by atoms with E-state index in [1.165, 1.54) is 25.5 Å². The summed E-state index contributed by atoms with van der Waals surface area (Å²) in [6, 6.07) is 1.53. The predicted octanol–water partition coefficient (Wildman–Crippen LogP) is -0.841. The maximum absolute atomic E-state index is 12.5. The number of thioether (sulfide) groups is 1. The van der Waals surface area contributed by atoms with Crippen molar-refractivity contribution in [1.29, 1.82) is 0 Å². The monoisotopic (exact) mass is 398 g/mol. The van der Waals surface area contributed by atoms with Crippen LogP contribution in [-0.2, 0) is 19.2 Å². The fourth-order valence-electron chi connectivity index (χ4n) is 2.28. The van der Waals surface area contributed by atoms with Crippen molar-refractivity contribution in [3.8, 4) is 0 Å². The lowest BCUT2D eigenvalue weighted by Crippen LogP contribution is -2.56. The van der Waals surface area contributed by atoms with Gasteiger partial charge >= 0.3 is 11.9 Å². The number of amides is 1. The number of oxime groups is 1. The van der Waals surface area contributed by atoms with Crippen LogP contribution in [0.15, 0.2) is 39.2 Å². The fourth-order valence-corrected chi connectivity index (χ4v) is 3.50. The summed E-state index contributed by atoms with van der Waals surface area (Å²) >= 11 is 1.12. The third-order valence-corrected chi connectivity index (χ3v) is 4.81. The van der Waals surface area contributed by atoms with Gasteiger partial charge in [-0.15, -0.1) is 11.8 Å². The first-order valence-corrected chi connectivity index (χ1v) is 8.66. The first kappa shape index (κ1) is 20.3.